The molecule has 0 fully saturated rings. The summed E-state index contributed by atoms with van der Waals surface area (Å²) in [4.78, 5) is 16.0. The van der Waals surface area contributed by atoms with Gasteiger partial charge in [0, 0.05) is 12.5 Å². The van der Waals surface area contributed by atoms with Gasteiger partial charge in [-0.15, -0.1) is 5.17 Å². The van der Waals surface area contributed by atoms with Crippen molar-refractivity contribution in [1.29, 1.82) is 0 Å². The summed E-state index contributed by atoms with van der Waals surface area (Å²) in [5, 5.41) is 10.6. The Balaban J connectivity index is 2.31. The highest BCUT2D eigenvalue weighted by Gasteiger charge is 2.18. The molecule has 100 valence electrons. The van der Waals surface area contributed by atoms with Crippen molar-refractivity contribution in [3.8, 4) is 11.4 Å². The number of nitrogens with zero attached hydrogens (tertiary/aromatic N) is 3. The zero-order chi connectivity index (χ0) is 14.1. The Morgan fingerprint density at radius 2 is 1.75 bits per heavy atom. The lowest BCUT2D eigenvalue weighted by Gasteiger charge is -2.17. The first-order valence-corrected chi connectivity index (χ1v) is 6.21. The summed E-state index contributed by atoms with van der Waals surface area (Å²) in [6.45, 7) is 1.30. The maximum Gasteiger partial charge on any atom is 0.264 e. The third-order valence-corrected chi connectivity index (χ3v) is 3.04. The number of imidazole rings is 1. The average Bonchev–Trinajstić information content (AvgIpc) is 2.86. The van der Waals surface area contributed by atoms with E-state index < -0.39 is 5.91 Å². The Kier molecular flexibility index (Phi) is 2.96. The van der Waals surface area contributed by atoms with Gasteiger partial charge in [0.2, 0.25) is 0 Å². The van der Waals surface area contributed by atoms with E-state index in [9.17, 15) is 10.0 Å². The van der Waals surface area contributed by atoms with Crippen LogP contribution in [0.1, 0.15) is 6.92 Å². The molecule has 2 aromatic carbocycles. The largest absolute Gasteiger partial charge is 0.271 e. The molecule has 0 saturated heterocycles. The molecule has 0 saturated carbocycles. The summed E-state index contributed by atoms with van der Waals surface area (Å²) < 4.78 is 1.41. The first-order chi connectivity index (χ1) is 9.68. The van der Waals surface area contributed by atoms with Crippen LogP contribution in [0.4, 0.5) is 0 Å². The number of benzene rings is 2. The SMILES string of the molecule is CC(=O)N(O)n1c(-c2ccccc2)nc2ccccc21. The van der Waals surface area contributed by atoms with E-state index in [4.69, 9.17) is 0 Å². The first-order valence-electron chi connectivity index (χ1n) is 6.21. The molecular formula is C15H13N3O2. The quantitative estimate of drug-likeness (QED) is 0.573. The second-order valence-corrected chi connectivity index (χ2v) is 4.41. The van der Waals surface area contributed by atoms with E-state index in [1.165, 1.54) is 11.6 Å². The van der Waals surface area contributed by atoms with Crippen LogP contribution in [0.2, 0.25) is 0 Å². The fourth-order valence-corrected chi connectivity index (χ4v) is 2.12. The molecule has 5 nitrogen and oxygen atoms in total. The predicted molar refractivity (Wildman–Crippen MR) is 75.9 cm³/mol. The molecule has 1 aromatic heterocycles. The molecule has 0 bridgehead atoms. The van der Waals surface area contributed by atoms with Gasteiger partial charge < -0.3 is 0 Å². The fraction of sp³-hybridized carbons (Fsp3) is 0.0667. The van der Waals surface area contributed by atoms with Crippen molar-refractivity contribution < 1.29 is 10.0 Å². The van der Waals surface area contributed by atoms with Crippen LogP contribution in [0.3, 0.4) is 0 Å². The second kappa shape index (κ2) is 4.79. The minimum atomic E-state index is -0.481. The molecule has 1 heterocycles. The molecule has 0 aliphatic rings. The Bertz CT molecular complexity index is 765. The summed E-state index contributed by atoms with van der Waals surface area (Å²) in [5.74, 6) is 0.0369. The number of fused-ring (bicyclic) bond motifs is 1. The molecule has 20 heavy (non-hydrogen) atoms. The topological polar surface area (TPSA) is 58.4 Å². The Labute approximate surface area is 115 Å². The minimum Gasteiger partial charge on any atom is -0.271 e. The van der Waals surface area contributed by atoms with E-state index in [1.807, 2.05) is 48.5 Å². The van der Waals surface area contributed by atoms with E-state index in [0.717, 1.165) is 5.56 Å². The van der Waals surface area contributed by atoms with Crippen LogP contribution >= 0.6 is 0 Å². The van der Waals surface area contributed by atoms with Crippen LogP contribution in [0, 0.1) is 0 Å². The highest BCUT2D eigenvalue weighted by Crippen LogP contribution is 2.24. The molecule has 1 N–H and O–H groups in total. The molecule has 0 radical (unpaired) electrons. The van der Waals surface area contributed by atoms with Crippen molar-refractivity contribution >= 4 is 16.9 Å². The number of hydroxylamine groups is 1. The van der Waals surface area contributed by atoms with Crippen LogP contribution in [0.15, 0.2) is 54.6 Å². The molecule has 1 amide bonds. The van der Waals surface area contributed by atoms with Crippen molar-refractivity contribution in [1.82, 2.24) is 9.66 Å². The van der Waals surface area contributed by atoms with Gasteiger partial charge in [-0.25, -0.2) is 9.66 Å². The van der Waals surface area contributed by atoms with Gasteiger partial charge in [0.15, 0.2) is 5.82 Å². The summed E-state index contributed by atoms with van der Waals surface area (Å²) in [6.07, 6.45) is 0. The van der Waals surface area contributed by atoms with E-state index in [-0.39, 0.29) is 0 Å². The van der Waals surface area contributed by atoms with E-state index in [2.05, 4.69) is 4.98 Å². The molecule has 5 heteroatoms. The second-order valence-electron chi connectivity index (χ2n) is 4.41. The lowest BCUT2D eigenvalue weighted by atomic mass is 10.2. The lowest BCUT2D eigenvalue weighted by molar-refractivity contribution is -0.124. The number of hydrogen-bond donors (Lipinski definition) is 1. The standard InChI is InChI=1S/C15H13N3O2/c1-11(19)18(20)17-14-10-6-5-9-13(14)16-15(17)12-7-3-2-4-8-12/h2-10,20H,1H3. The zero-order valence-electron chi connectivity index (χ0n) is 10.9. The summed E-state index contributed by atoms with van der Waals surface area (Å²) >= 11 is 0. The first kappa shape index (κ1) is 12.4. The third-order valence-electron chi connectivity index (χ3n) is 3.04. The summed E-state index contributed by atoms with van der Waals surface area (Å²) in [6, 6.07) is 16.8. The van der Waals surface area contributed by atoms with Gasteiger partial charge in [0.1, 0.15) is 0 Å². The minimum absolute atomic E-state index is 0.481. The number of hydrogen-bond acceptors (Lipinski definition) is 3. The van der Waals surface area contributed by atoms with Crippen LogP contribution in [-0.4, -0.2) is 20.8 Å². The van der Waals surface area contributed by atoms with E-state index in [1.54, 1.807) is 6.07 Å². The maximum absolute atomic E-state index is 11.5. The molecule has 0 aliphatic heterocycles. The van der Waals surface area contributed by atoms with Gasteiger partial charge in [-0.05, 0) is 12.1 Å². The van der Waals surface area contributed by atoms with Crippen molar-refractivity contribution in [3.63, 3.8) is 0 Å². The van der Waals surface area contributed by atoms with Crippen LogP contribution < -0.4 is 5.17 Å². The fourth-order valence-electron chi connectivity index (χ4n) is 2.12. The predicted octanol–water partition coefficient (Wildman–Crippen LogP) is 2.58. The number of carbonyl (C=O) groups is 1. The molecule has 0 aliphatic carbocycles. The molecule has 3 aromatic rings. The third kappa shape index (κ3) is 1.94. The van der Waals surface area contributed by atoms with Crippen molar-refractivity contribution in [3.05, 3.63) is 54.6 Å². The molecule has 3 rings (SSSR count). The van der Waals surface area contributed by atoms with Crippen molar-refractivity contribution in [2.45, 2.75) is 6.92 Å². The lowest BCUT2D eigenvalue weighted by Crippen LogP contribution is -2.35. The molecule has 0 spiro atoms. The number of carbonyl (C=O) groups excluding carboxylic acids is 1. The highest BCUT2D eigenvalue weighted by atomic mass is 16.6. The Morgan fingerprint density at radius 3 is 2.45 bits per heavy atom. The van der Waals surface area contributed by atoms with Gasteiger partial charge in [0.25, 0.3) is 5.91 Å². The monoisotopic (exact) mass is 267 g/mol. The highest BCUT2D eigenvalue weighted by molar-refractivity contribution is 5.87. The van der Waals surface area contributed by atoms with Gasteiger partial charge in [-0.1, -0.05) is 42.5 Å². The van der Waals surface area contributed by atoms with Crippen molar-refractivity contribution in [2.24, 2.45) is 0 Å². The number of rotatable bonds is 2. The Morgan fingerprint density at radius 1 is 1.10 bits per heavy atom. The van der Waals surface area contributed by atoms with E-state index in [0.29, 0.717) is 22.0 Å². The van der Waals surface area contributed by atoms with Crippen molar-refractivity contribution in [2.75, 3.05) is 5.17 Å². The zero-order valence-corrected chi connectivity index (χ0v) is 10.9. The van der Waals surface area contributed by atoms with Gasteiger partial charge >= 0.3 is 0 Å². The molecular weight excluding hydrogens is 254 g/mol. The Hall–Kier alpha value is -2.66. The average molecular weight is 267 g/mol. The normalized spacial score (nSPS) is 10.7. The van der Waals surface area contributed by atoms with Gasteiger partial charge in [-0.2, -0.15) is 0 Å². The van der Waals surface area contributed by atoms with Crippen LogP contribution in [0.5, 0.6) is 0 Å². The maximum atomic E-state index is 11.5. The number of amides is 1. The number of para-hydroxylation sites is 2. The smallest absolute Gasteiger partial charge is 0.264 e. The van der Waals surface area contributed by atoms with Crippen LogP contribution in [0.25, 0.3) is 22.4 Å². The van der Waals surface area contributed by atoms with Gasteiger partial charge in [-0.3, -0.25) is 10.0 Å². The molecule has 0 atom stereocenters. The molecule has 0 unspecified atom stereocenters. The summed E-state index contributed by atoms with van der Waals surface area (Å²) in [5.41, 5.74) is 2.21. The number of aromatic nitrogens is 2. The van der Waals surface area contributed by atoms with E-state index >= 15 is 0 Å². The summed E-state index contributed by atoms with van der Waals surface area (Å²) in [7, 11) is 0. The van der Waals surface area contributed by atoms with Gasteiger partial charge in [0.05, 0.1) is 11.0 Å². The van der Waals surface area contributed by atoms with Crippen LogP contribution in [-0.2, 0) is 4.79 Å².